The molecule has 0 radical (unpaired) electrons. The van der Waals surface area contributed by atoms with Crippen molar-refractivity contribution in [2.75, 3.05) is 5.32 Å². The highest BCUT2D eigenvalue weighted by molar-refractivity contribution is 6.02. The lowest BCUT2D eigenvalue weighted by Crippen LogP contribution is -2.09. The van der Waals surface area contributed by atoms with Gasteiger partial charge in [0.15, 0.2) is 0 Å². The van der Waals surface area contributed by atoms with Crippen molar-refractivity contribution in [1.29, 1.82) is 0 Å². The number of carbonyl (C=O) groups excluding carboxylic acids is 1. The molecule has 31 heavy (non-hydrogen) atoms. The number of benzene rings is 3. The van der Waals surface area contributed by atoms with Gasteiger partial charge in [-0.15, -0.1) is 0 Å². The minimum absolute atomic E-state index is 0.336. The van der Waals surface area contributed by atoms with Crippen molar-refractivity contribution < 1.29 is 13.6 Å². The molecule has 1 aromatic heterocycles. The Morgan fingerprint density at radius 3 is 2.39 bits per heavy atom. The number of amides is 1. The number of rotatable bonds is 5. The van der Waals surface area contributed by atoms with Crippen LogP contribution in [0, 0.1) is 18.6 Å². The fourth-order valence-electron chi connectivity index (χ4n) is 3.16. The molecule has 0 saturated heterocycles. The molecule has 1 amide bonds. The van der Waals surface area contributed by atoms with Crippen LogP contribution >= 0.6 is 0 Å². The number of nitrogens with zero attached hydrogens (tertiary/aromatic N) is 2. The van der Waals surface area contributed by atoms with Gasteiger partial charge in [0.05, 0.1) is 11.4 Å². The molecule has 4 rings (SSSR count). The second-order valence-corrected chi connectivity index (χ2v) is 7.00. The van der Waals surface area contributed by atoms with Crippen LogP contribution in [0.15, 0.2) is 85.1 Å². The van der Waals surface area contributed by atoms with Gasteiger partial charge in [-0.2, -0.15) is 5.10 Å². The largest absolute Gasteiger partial charge is 0.322 e. The topological polar surface area (TPSA) is 46.9 Å². The summed E-state index contributed by atoms with van der Waals surface area (Å²) in [5.41, 5.74) is 4.06. The first-order chi connectivity index (χ1) is 15.0. The first kappa shape index (κ1) is 20.2. The van der Waals surface area contributed by atoms with Crippen molar-refractivity contribution in [1.82, 2.24) is 9.78 Å². The van der Waals surface area contributed by atoms with Gasteiger partial charge in [0, 0.05) is 29.1 Å². The van der Waals surface area contributed by atoms with E-state index in [2.05, 4.69) is 10.4 Å². The predicted octanol–water partition coefficient (Wildman–Crippen LogP) is 5.78. The molecule has 0 atom stereocenters. The molecule has 0 saturated carbocycles. The quantitative estimate of drug-likeness (QED) is 0.420. The molecular weight excluding hydrogens is 396 g/mol. The molecule has 0 aliphatic carbocycles. The Hall–Kier alpha value is -4.06. The molecule has 3 aromatic carbocycles. The Morgan fingerprint density at radius 2 is 1.68 bits per heavy atom. The van der Waals surface area contributed by atoms with Crippen molar-refractivity contribution in [2.45, 2.75) is 6.92 Å². The van der Waals surface area contributed by atoms with Crippen LogP contribution in [0.1, 0.15) is 11.1 Å². The molecule has 0 fully saturated rings. The van der Waals surface area contributed by atoms with E-state index in [-0.39, 0.29) is 17.5 Å². The van der Waals surface area contributed by atoms with E-state index in [9.17, 15) is 13.6 Å². The summed E-state index contributed by atoms with van der Waals surface area (Å²) in [5, 5.41) is 7.38. The summed E-state index contributed by atoms with van der Waals surface area (Å²) in [5.74, 6) is -1.05. The van der Waals surface area contributed by atoms with Gasteiger partial charge in [-0.1, -0.05) is 18.2 Å². The van der Waals surface area contributed by atoms with Gasteiger partial charge in [0.2, 0.25) is 5.91 Å². The summed E-state index contributed by atoms with van der Waals surface area (Å²) < 4.78 is 28.4. The zero-order valence-corrected chi connectivity index (χ0v) is 16.7. The van der Waals surface area contributed by atoms with E-state index in [0.29, 0.717) is 22.5 Å². The Morgan fingerprint density at radius 1 is 0.968 bits per heavy atom. The van der Waals surface area contributed by atoms with E-state index in [0.717, 1.165) is 11.3 Å². The first-order valence-corrected chi connectivity index (χ1v) is 9.66. The van der Waals surface area contributed by atoms with Gasteiger partial charge in [-0.05, 0) is 73.2 Å². The molecule has 1 heterocycles. The number of halogens is 2. The van der Waals surface area contributed by atoms with E-state index in [1.54, 1.807) is 36.0 Å². The Bertz CT molecular complexity index is 1250. The maximum Gasteiger partial charge on any atom is 0.248 e. The summed E-state index contributed by atoms with van der Waals surface area (Å²) in [6, 6.07) is 19.8. The van der Waals surface area contributed by atoms with Gasteiger partial charge in [0.25, 0.3) is 0 Å². The second-order valence-electron chi connectivity index (χ2n) is 7.00. The normalized spacial score (nSPS) is 11.1. The molecule has 6 heteroatoms. The van der Waals surface area contributed by atoms with Crippen LogP contribution < -0.4 is 5.32 Å². The molecule has 4 nitrogen and oxygen atoms in total. The van der Waals surface area contributed by atoms with E-state index in [1.807, 2.05) is 30.3 Å². The zero-order valence-electron chi connectivity index (χ0n) is 16.7. The first-order valence-electron chi connectivity index (χ1n) is 9.66. The van der Waals surface area contributed by atoms with Gasteiger partial charge in [0.1, 0.15) is 11.6 Å². The summed E-state index contributed by atoms with van der Waals surface area (Å²) in [7, 11) is 0. The lowest BCUT2D eigenvalue weighted by Gasteiger charge is -2.06. The predicted molar refractivity (Wildman–Crippen MR) is 118 cm³/mol. The molecule has 4 aromatic rings. The van der Waals surface area contributed by atoms with Gasteiger partial charge in [-0.25, -0.2) is 13.5 Å². The highest BCUT2D eigenvalue weighted by Crippen LogP contribution is 2.25. The van der Waals surface area contributed by atoms with E-state index < -0.39 is 0 Å². The minimum Gasteiger partial charge on any atom is -0.322 e. The number of aryl methyl sites for hydroxylation is 1. The van der Waals surface area contributed by atoms with Crippen LogP contribution in [0.25, 0.3) is 23.0 Å². The highest BCUT2D eigenvalue weighted by Gasteiger charge is 2.11. The summed E-state index contributed by atoms with van der Waals surface area (Å²) >= 11 is 0. The van der Waals surface area contributed by atoms with Crippen LogP contribution in [-0.4, -0.2) is 15.7 Å². The third kappa shape index (κ3) is 4.75. The van der Waals surface area contributed by atoms with Crippen LogP contribution in [0.3, 0.4) is 0 Å². The Labute approximate surface area is 178 Å². The standard InChI is InChI=1S/C25H19F2N3O/c1-17-15-21(27)12-13-23(17)28-24(31)14-9-19-16-30(22-5-3-2-4-6-22)29-25(19)18-7-10-20(26)11-8-18/h2-16H,1H3,(H,28,31)/b14-9+. The number of hydrogen-bond acceptors (Lipinski definition) is 2. The minimum atomic E-state index is -0.358. The maximum atomic E-state index is 13.4. The zero-order chi connectivity index (χ0) is 21.8. The van der Waals surface area contributed by atoms with Crippen LogP contribution in [0.4, 0.5) is 14.5 Å². The third-order valence-corrected chi connectivity index (χ3v) is 4.74. The molecule has 0 aliphatic rings. The fourth-order valence-corrected chi connectivity index (χ4v) is 3.16. The lowest BCUT2D eigenvalue weighted by atomic mass is 10.1. The molecule has 1 N–H and O–H groups in total. The number of aromatic nitrogens is 2. The number of anilines is 1. The summed E-state index contributed by atoms with van der Waals surface area (Å²) in [6.07, 6.45) is 4.85. The lowest BCUT2D eigenvalue weighted by molar-refractivity contribution is -0.111. The molecule has 0 unspecified atom stereocenters. The molecule has 0 aliphatic heterocycles. The van der Waals surface area contributed by atoms with E-state index >= 15 is 0 Å². The van der Waals surface area contributed by atoms with E-state index in [4.69, 9.17) is 0 Å². The van der Waals surface area contributed by atoms with Crippen molar-refractivity contribution in [3.8, 4) is 16.9 Å². The van der Waals surface area contributed by atoms with Crippen molar-refractivity contribution in [3.05, 3.63) is 108 Å². The number of carbonyl (C=O) groups is 1. The molecule has 0 bridgehead atoms. The Kier molecular flexibility index (Phi) is 5.71. The second kappa shape index (κ2) is 8.75. The average molecular weight is 415 g/mol. The fraction of sp³-hybridized carbons (Fsp3) is 0.0400. The van der Waals surface area contributed by atoms with Crippen molar-refractivity contribution >= 4 is 17.7 Å². The number of hydrogen-bond donors (Lipinski definition) is 1. The number of nitrogens with one attached hydrogen (secondary N) is 1. The summed E-state index contributed by atoms with van der Waals surface area (Å²) in [6.45, 7) is 1.72. The van der Waals surface area contributed by atoms with Crippen molar-refractivity contribution in [3.63, 3.8) is 0 Å². The maximum absolute atomic E-state index is 13.4. The van der Waals surface area contributed by atoms with Crippen LogP contribution in [0.2, 0.25) is 0 Å². The monoisotopic (exact) mass is 415 g/mol. The molecule has 0 spiro atoms. The van der Waals surface area contributed by atoms with Crippen LogP contribution in [-0.2, 0) is 4.79 Å². The smallest absolute Gasteiger partial charge is 0.248 e. The SMILES string of the molecule is Cc1cc(F)ccc1NC(=O)/C=C/c1cn(-c2ccccc2)nc1-c1ccc(F)cc1. The Balaban J connectivity index is 1.65. The third-order valence-electron chi connectivity index (χ3n) is 4.74. The molecular formula is C25H19F2N3O. The van der Waals surface area contributed by atoms with Gasteiger partial charge < -0.3 is 5.32 Å². The highest BCUT2D eigenvalue weighted by atomic mass is 19.1. The van der Waals surface area contributed by atoms with Crippen molar-refractivity contribution in [2.24, 2.45) is 0 Å². The number of para-hydroxylation sites is 1. The van der Waals surface area contributed by atoms with Crippen LogP contribution in [0.5, 0.6) is 0 Å². The van der Waals surface area contributed by atoms with Gasteiger partial charge in [-0.3, -0.25) is 4.79 Å². The molecule has 154 valence electrons. The average Bonchev–Trinajstić information content (AvgIpc) is 3.20. The van der Waals surface area contributed by atoms with E-state index in [1.165, 1.54) is 36.4 Å². The summed E-state index contributed by atoms with van der Waals surface area (Å²) in [4.78, 5) is 12.4. The van der Waals surface area contributed by atoms with Gasteiger partial charge >= 0.3 is 0 Å².